The van der Waals surface area contributed by atoms with Crippen LogP contribution >= 0.6 is 0 Å². The molecule has 1 aliphatic rings. The van der Waals surface area contributed by atoms with Crippen molar-refractivity contribution in [1.82, 2.24) is 0 Å². The normalized spacial score (nSPS) is 39.8. The van der Waals surface area contributed by atoms with Crippen LogP contribution in [-0.2, 0) is 4.74 Å². The van der Waals surface area contributed by atoms with Crippen molar-refractivity contribution in [2.75, 3.05) is 0 Å². The molecule has 0 spiro atoms. The highest BCUT2D eigenvalue weighted by Gasteiger charge is 2.42. The molecule has 4 unspecified atom stereocenters. The van der Waals surface area contributed by atoms with Gasteiger partial charge in [0.1, 0.15) is 12.2 Å². The van der Waals surface area contributed by atoms with Crippen LogP contribution in [0, 0.1) is 5.92 Å². The monoisotopic (exact) mass is 186 g/mol. The molecule has 0 aromatic rings. The number of rotatable bonds is 3. The van der Waals surface area contributed by atoms with Crippen molar-refractivity contribution >= 4 is 0 Å². The first kappa shape index (κ1) is 10.7. The Hall–Kier alpha value is -0.380. The molecule has 2 N–H and O–H groups in total. The van der Waals surface area contributed by atoms with Gasteiger partial charge < -0.3 is 14.9 Å². The van der Waals surface area contributed by atoms with Crippen molar-refractivity contribution in [3.8, 4) is 0 Å². The van der Waals surface area contributed by atoms with Crippen molar-refractivity contribution in [3.63, 3.8) is 0 Å². The third-order valence-electron chi connectivity index (χ3n) is 2.46. The topological polar surface area (TPSA) is 49.7 Å². The average Bonchev–Trinajstić information content (AvgIpc) is 2.33. The Morgan fingerprint density at radius 1 is 1.38 bits per heavy atom. The summed E-state index contributed by atoms with van der Waals surface area (Å²) in [7, 11) is 0. The number of ether oxygens (including phenoxy) is 1. The van der Waals surface area contributed by atoms with Gasteiger partial charge in [-0.15, -0.1) is 6.58 Å². The summed E-state index contributed by atoms with van der Waals surface area (Å²) < 4.78 is 5.52. The third kappa shape index (κ3) is 2.10. The van der Waals surface area contributed by atoms with Crippen molar-refractivity contribution in [2.24, 2.45) is 5.92 Å². The molecule has 0 radical (unpaired) electrons. The van der Waals surface area contributed by atoms with Gasteiger partial charge in [0.15, 0.2) is 0 Å². The maximum absolute atomic E-state index is 9.62. The molecular weight excluding hydrogens is 168 g/mol. The van der Waals surface area contributed by atoms with E-state index in [0.717, 1.165) is 0 Å². The molecule has 3 heteroatoms. The van der Waals surface area contributed by atoms with E-state index < -0.39 is 12.2 Å². The minimum atomic E-state index is -0.773. The highest BCUT2D eigenvalue weighted by molar-refractivity contribution is 4.94. The van der Waals surface area contributed by atoms with Gasteiger partial charge in [-0.25, -0.2) is 0 Å². The summed E-state index contributed by atoms with van der Waals surface area (Å²) in [6.07, 6.45) is 0.209. The Balaban J connectivity index is 2.60. The molecule has 0 aromatic heterocycles. The quantitative estimate of drug-likeness (QED) is 0.638. The van der Waals surface area contributed by atoms with Crippen molar-refractivity contribution < 1.29 is 14.9 Å². The molecular formula is C10H18O3. The van der Waals surface area contributed by atoms with Crippen LogP contribution in [0.4, 0.5) is 0 Å². The maximum Gasteiger partial charge on any atom is 0.109 e. The second-order valence-corrected chi connectivity index (χ2v) is 3.89. The van der Waals surface area contributed by atoms with Crippen LogP contribution in [0.25, 0.3) is 0 Å². The second kappa shape index (κ2) is 4.22. The molecule has 4 atom stereocenters. The van der Waals surface area contributed by atoms with Gasteiger partial charge in [0.25, 0.3) is 0 Å². The van der Waals surface area contributed by atoms with E-state index >= 15 is 0 Å². The first-order valence-electron chi connectivity index (χ1n) is 4.70. The maximum atomic E-state index is 9.62. The van der Waals surface area contributed by atoms with Gasteiger partial charge in [-0.3, -0.25) is 0 Å². The summed E-state index contributed by atoms with van der Waals surface area (Å²) in [5.41, 5.74) is 0. The lowest BCUT2D eigenvalue weighted by Gasteiger charge is -2.17. The van der Waals surface area contributed by atoms with Crippen LogP contribution in [-0.4, -0.2) is 34.6 Å². The Labute approximate surface area is 79.0 Å². The summed E-state index contributed by atoms with van der Waals surface area (Å²) in [4.78, 5) is 0. The lowest BCUT2D eigenvalue weighted by Crippen LogP contribution is -2.34. The van der Waals surface area contributed by atoms with Crippen LogP contribution < -0.4 is 0 Å². The van der Waals surface area contributed by atoms with E-state index in [1.807, 2.05) is 13.8 Å². The second-order valence-electron chi connectivity index (χ2n) is 3.89. The molecule has 1 saturated heterocycles. The molecule has 0 aliphatic carbocycles. The first-order valence-corrected chi connectivity index (χ1v) is 4.70. The molecule has 13 heavy (non-hydrogen) atoms. The van der Waals surface area contributed by atoms with Crippen LogP contribution in [0.1, 0.15) is 20.3 Å². The Morgan fingerprint density at radius 2 is 2.00 bits per heavy atom. The minimum Gasteiger partial charge on any atom is -0.388 e. The zero-order chi connectivity index (χ0) is 10.0. The number of aliphatic hydroxyl groups excluding tert-OH is 2. The number of hydrogen-bond acceptors (Lipinski definition) is 3. The molecule has 3 nitrogen and oxygen atoms in total. The molecule has 76 valence electrons. The number of aliphatic hydroxyl groups is 2. The highest BCUT2D eigenvalue weighted by Crippen LogP contribution is 2.28. The molecule has 0 aromatic carbocycles. The Morgan fingerprint density at radius 3 is 2.38 bits per heavy atom. The van der Waals surface area contributed by atoms with Crippen molar-refractivity contribution in [1.29, 1.82) is 0 Å². The smallest absolute Gasteiger partial charge is 0.109 e. The third-order valence-corrected chi connectivity index (χ3v) is 2.46. The largest absolute Gasteiger partial charge is 0.388 e. The fourth-order valence-electron chi connectivity index (χ4n) is 1.69. The lowest BCUT2D eigenvalue weighted by molar-refractivity contribution is -0.0157. The minimum absolute atomic E-state index is 0.222. The van der Waals surface area contributed by atoms with Gasteiger partial charge in [-0.1, -0.05) is 19.9 Å². The van der Waals surface area contributed by atoms with Crippen LogP contribution in [0.5, 0.6) is 0 Å². The molecule has 0 bridgehead atoms. The SMILES string of the molecule is C=CCC1OC(C(C)C)C(O)C1O. The van der Waals surface area contributed by atoms with Crippen molar-refractivity contribution in [3.05, 3.63) is 12.7 Å². The standard InChI is InChI=1S/C10H18O3/c1-4-5-7-8(11)9(12)10(13-7)6(2)3/h4,6-12H,1,5H2,2-3H3. The zero-order valence-corrected chi connectivity index (χ0v) is 8.18. The van der Waals surface area contributed by atoms with E-state index in [1.54, 1.807) is 6.08 Å². The predicted molar refractivity (Wildman–Crippen MR) is 50.3 cm³/mol. The molecule has 0 amide bonds. The highest BCUT2D eigenvalue weighted by atomic mass is 16.5. The molecule has 1 rings (SSSR count). The van der Waals surface area contributed by atoms with Gasteiger partial charge in [-0.2, -0.15) is 0 Å². The summed E-state index contributed by atoms with van der Waals surface area (Å²) in [5.74, 6) is 0.222. The molecule has 1 fully saturated rings. The molecule has 1 heterocycles. The lowest BCUT2D eigenvalue weighted by atomic mass is 9.99. The summed E-state index contributed by atoms with van der Waals surface area (Å²) in [6, 6.07) is 0. The van der Waals surface area contributed by atoms with Crippen LogP contribution in [0.15, 0.2) is 12.7 Å². The fourth-order valence-corrected chi connectivity index (χ4v) is 1.69. The fraction of sp³-hybridized carbons (Fsp3) is 0.800. The van der Waals surface area contributed by atoms with E-state index in [4.69, 9.17) is 4.74 Å². The number of hydrogen-bond donors (Lipinski definition) is 2. The summed E-state index contributed by atoms with van der Waals surface area (Å²) in [5, 5.41) is 19.2. The van der Waals surface area contributed by atoms with E-state index in [0.29, 0.717) is 6.42 Å². The zero-order valence-electron chi connectivity index (χ0n) is 8.18. The van der Waals surface area contributed by atoms with E-state index in [1.165, 1.54) is 0 Å². The van der Waals surface area contributed by atoms with Gasteiger partial charge in [-0.05, 0) is 12.3 Å². The Bertz CT molecular complexity index is 179. The van der Waals surface area contributed by atoms with Crippen molar-refractivity contribution in [2.45, 2.75) is 44.7 Å². The summed E-state index contributed by atoms with van der Waals surface area (Å²) in [6.45, 7) is 7.52. The van der Waals surface area contributed by atoms with E-state index in [-0.39, 0.29) is 18.1 Å². The van der Waals surface area contributed by atoms with Crippen LogP contribution in [0.3, 0.4) is 0 Å². The van der Waals surface area contributed by atoms with Crippen LogP contribution in [0.2, 0.25) is 0 Å². The molecule has 0 saturated carbocycles. The predicted octanol–water partition coefficient (Wildman–Crippen LogP) is 0.708. The van der Waals surface area contributed by atoms with Gasteiger partial charge in [0, 0.05) is 0 Å². The average molecular weight is 186 g/mol. The Kier molecular flexibility index (Phi) is 3.47. The van der Waals surface area contributed by atoms with E-state index in [2.05, 4.69) is 6.58 Å². The van der Waals surface area contributed by atoms with Gasteiger partial charge in [0.05, 0.1) is 12.2 Å². The van der Waals surface area contributed by atoms with Gasteiger partial charge >= 0.3 is 0 Å². The first-order chi connectivity index (χ1) is 6.07. The van der Waals surface area contributed by atoms with Gasteiger partial charge in [0.2, 0.25) is 0 Å². The van der Waals surface area contributed by atoms with E-state index in [9.17, 15) is 10.2 Å². The summed E-state index contributed by atoms with van der Waals surface area (Å²) >= 11 is 0. The molecule has 1 aliphatic heterocycles.